The first-order chi connectivity index (χ1) is 10.2. The zero-order valence-corrected chi connectivity index (χ0v) is 13.8. The number of aryl methyl sites for hydroxylation is 1. The first-order valence-corrected chi connectivity index (χ1v) is 8.96. The summed E-state index contributed by atoms with van der Waals surface area (Å²) in [7, 11) is 0. The summed E-state index contributed by atoms with van der Waals surface area (Å²) in [5.41, 5.74) is 0.792. The minimum absolute atomic E-state index is 0.453. The molecule has 0 unspecified atom stereocenters. The molecule has 1 aliphatic rings. The number of carbonyl (C=O) groups is 1. The Hall–Kier alpha value is -0.940. The number of hydrogen-bond donors (Lipinski definition) is 1. The second-order valence-electron chi connectivity index (χ2n) is 5.80. The maximum absolute atomic E-state index is 11.3. The lowest BCUT2D eigenvalue weighted by Gasteiger charge is -2.18. The molecule has 0 spiro atoms. The second-order valence-corrected chi connectivity index (χ2v) is 6.88. The highest BCUT2D eigenvalue weighted by molar-refractivity contribution is 7.13. The van der Waals surface area contributed by atoms with Crippen molar-refractivity contribution >= 4 is 17.3 Å². The normalized spacial score (nSPS) is 16.8. The van der Waals surface area contributed by atoms with Gasteiger partial charge >= 0.3 is 5.97 Å². The van der Waals surface area contributed by atoms with Gasteiger partial charge in [0.05, 0.1) is 10.7 Å². The van der Waals surface area contributed by atoms with E-state index in [-0.39, 0.29) is 0 Å². The van der Waals surface area contributed by atoms with Crippen molar-refractivity contribution in [2.24, 2.45) is 0 Å². The number of aromatic carboxylic acids is 1. The molecule has 1 aromatic rings. The summed E-state index contributed by atoms with van der Waals surface area (Å²) < 4.78 is 0. The molecular formula is C16H26N2O2S. The lowest BCUT2D eigenvalue weighted by atomic mass is 10.2. The predicted molar refractivity (Wildman–Crippen MR) is 86.3 cm³/mol. The third-order valence-electron chi connectivity index (χ3n) is 4.04. The summed E-state index contributed by atoms with van der Waals surface area (Å²) in [6.07, 6.45) is 9.03. The Kier molecular flexibility index (Phi) is 6.64. The molecule has 0 atom stereocenters. The molecule has 0 radical (unpaired) electrons. The molecule has 1 aliphatic heterocycles. The SMILES string of the molecule is CCCCc1nc(CCN2CCCCCC2)sc1C(=O)O. The summed E-state index contributed by atoms with van der Waals surface area (Å²) in [4.78, 5) is 18.9. The summed E-state index contributed by atoms with van der Waals surface area (Å²) in [6, 6.07) is 0. The van der Waals surface area contributed by atoms with Crippen molar-refractivity contribution in [2.45, 2.75) is 58.3 Å². The van der Waals surface area contributed by atoms with E-state index in [0.29, 0.717) is 4.88 Å². The minimum atomic E-state index is -0.820. The van der Waals surface area contributed by atoms with Crippen LogP contribution in [0.5, 0.6) is 0 Å². The number of carboxylic acid groups (broad SMARTS) is 1. The van der Waals surface area contributed by atoms with Crippen LogP contribution in [0.3, 0.4) is 0 Å². The number of rotatable bonds is 7. The van der Waals surface area contributed by atoms with Crippen LogP contribution in [0, 0.1) is 0 Å². The number of likely N-dealkylation sites (tertiary alicyclic amines) is 1. The van der Waals surface area contributed by atoms with Crippen molar-refractivity contribution in [3.8, 4) is 0 Å². The van der Waals surface area contributed by atoms with Crippen LogP contribution in [-0.2, 0) is 12.8 Å². The highest BCUT2D eigenvalue weighted by Gasteiger charge is 2.17. The van der Waals surface area contributed by atoms with E-state index in [1.807, 2.05) is 0 Å². The van der Waals surface area contributed by atoms with Crippen LogP contribution < -0.4 is 0 Å². The van der Waals surface area contributed by atoms with Gasteiger partial charge in [-0.15, -0.1) is 11.3 Å². The van der Waals surface area contributed by atoms with Crippen LogP contribution in [0.1, 0.15) is 65.8 Å². The molecule has 1 aromatic heterocycles. The maximum atomic E-state index is 11.3. The molecule has 0 amide bonds. The fraction of sp³-hybridized carbons (Fsp3) is 0.750. The van der Waals surface area contributed by atoms with E-state index in [1.165, 1.54) is 50.1 Å². The Labute approximate surface area is 131 Å². The molecule has 118 valence electrons. The van der Waals surface area contributed by atoms with E-state index in [2.05, 4.69) is 16.8 Å². The Balaban J connectivity index is 1.94. The van der Waals surface area contributed by atoms with Crippen LogP contribution >= 0.6 is 11.3 Å². The van der Waals surface area contributed by atoms with Crippen LogP contribution in [0.15, 0.2) is 0 Å². The lowest BCUT2D eigenvalue weighted by Crippen LogP contribution is -2.26. The monoisotopic (exact) mass is 310 g/mol. The average Bonchev–Trinajstić information content (AvgIpc) is 2.70. The van der Waals surface area contributed by atoms with Gasteiger partial charge in [0.25, 0.3) is 0 Å². The lowest BCUT2D eigenvalue weighted by molar-refractivity contribution is 0.0700. The molecular weight excluding hydrogens is 284 g/mol. The van der Waals surface area contributed by atoms with Crippen LogP contribution in [0.4, 0.5) is 0 Å². The predicted octanol–water partition coefficient (Wildman–Crippen LogP) is 3.60. The third-order valence-corrected chi connectivity index (χ3v) is 5.19. The van der Waals surface area contributed by atoms with Gasteiger partial charge in [-0.25, -0.2) is 9.78 Å². The highest BCUT2D eigenvalue weighted by atomic mass is 32.1. The molecule has 5 heteroatoms. The summed E-state index contributed by atoms with van der Waals surface area (Å²) in [6.45, 7) is 5.49. The Morgan fingerprint density at radius 3 is 2.57 bits per heavy atom. The van der Waals surface area contributed by atoms with Gasteiger partial charge < -0.3 is 10.0 Å². The fourth-order valence-corrected chi connectivity index (χ4v) is 3.74. The van der Waals surface area contributed by atoms with Crippen molar-refractivity contribution in [1.29, 1.82) is 0 Å². The van der Waals surface area contributed by atoms with Gasteiger partial charge in [0.15, 0.2) is 0 Å². The van der Waals surface area contributed by atoms with E-state index in [1.54, 1.807) is 0 Å². The zero-order chi connectivity index (χ0) is 15.1. The van der Waals surface area contributed by atoms with Gasteiger partial charge in [0.1, 0.15) is 4.88 Å². The van der Waals surface area contributed by atoms with Gasteiger partial charge in [-0.05, 0) is 38.8 Å². The Bertz CT molecular complexity index is 451. The maximum Gasteiger partial charge on any atom is 0.347 e. The molecule has 0 aliphatic carbocycles. The van der Waals surface area contributed by atoms with E-state index >= 15 is 0 Å². The summed E-state index contributed by atoms with van der Waals surface area (Å²) in [5, 5.41) is 10.3. The Morgan fingerprint density at radius 2 is 1.95 bits per heavy atom. The van der Waals surface area contributed by atoms with Crippen molar-refractivity contribution in [3.05, 3.63) is 15.6 Å². The second kappa shape index (κ2) is 8.49. The van der Waals surface area contributed by atoms with Crippen LogP contribution in [0.25, 0.3) is 0 Å². The van der Waals surface area contributed by atoms with Gasteiger partial charge in [-0.1, -0.05) is 26.2 Å². The molecule has 21 heavy (non-hydrogen) atoms. The van der Waals surface area contributed by atoms with Crippen molar-refractivity contribution < 1.29 is 9.90 Å². The third kappa shape index (κ3) is 5.08. The van der Waals surface area contributed by atoms with E-state index in [9.17, 15) is 9.90 Å². The van der Waals surface area contributed by atoms with Gasteiger partial charge in [-0.3, -0.25) is 0 Å². The smallest absolute Gasteiger partial charge is 0.347 e. The molecule has 1 saturated heterocycles. The van der Waals surface area contributed by atoms with Crippen molar-refractivity contribution in [3.63, 3.8) is 0 Å². The van der Waals surface area contributed by atoms with Crippen molar-refractivity contribution in [1.82, 2.24) is 9.88 Å². The molecule has 0 aromatic carbocycles. The topological polar surface area (TPSA) is 53.4 Å². The van der Waals surface area contributed by atoms with Crippen LogP contribution in [0.2, 0.25) is 0 Å². The number of unbranched alkanes of at least 4 members (excludes halogenated alkanes) is 1. The average molecular weight is 310 g/mol. The number of hydrogen-bond acceptors (Lipinski definition) is 4. The van der Waals surface area contributed by atoms with E-state index in [4.69, 9.17) is 0 Å². The number of carboxylic acids is 1. The molecule has 0 bridgehead atoms. The summed E-state index contributed by atoms with van der Waals surface area (Å²) >= 11 is 1.37. The van der Waals surface area contributed by atoms with E-state index in [0.717, 1.165) is 42.9 Å². The van der Waals surface area contributed by atoms with Crippen LogP contribution in [-0.4, -0.2) is 40.6 Å². The summed E-state index contributed by atoms with van der Waals surface area (Å²) in [5.74, 6) is -0.820. The van der Waals surface area contributed by atoms with Gasteiger partial charge in [-0.2, -0.15) is 0 Å². The number of aromatic nitrogens is 1. The fourth-order valence-electron chi connectivity index (χ4n) is 2.80. The first-order valence-electron chi connectivity index (χ1n) is 8.15. The molecule has 2 rings (SSSR count). The highest BCUT2D eigenvalue weighted by Crippen LogP contribution is 2.21. The quantitative estimate of drug-likeness (QED) is 0.836. The Morgan fingerprint density at radius 1 is 1.24 bits per heavy atom. The molecule has 2 heterocycles. The standard InChI is InChI=1S/C16H26N2O2S/c1-2-3-8-13-15(16(19)20)21-14(17-13)9-12-18-10-6-4-5-7-11-18/h2-12H2,1H3,(H,19,20). The number of nitrogens with zero attached hydrogens (tertiary/aromatic N) is 2. The molecule has 1 N–H and O–H groups in total. The molecule has 4 nitrogen and oxygen atoms in total. The molecule has 1 fully saturated rings. The first kappa shape index (κ1) is 16.4. The van der Waals surface area contributed by atoms with Crippen molar-refractivity contribution in [2.75, 3.05) is 19.6 Å². The van der Waals surface area contributed by atoms with Gasteiger partial charge in [0, 0.05) is 13.0 Å². The minimum Gasteiger partial charge on any atom is -0.477 e. The number of thiazole rings is 1. The zero-order valence-electron chi connectivity index (χ0n) is 12.9. The van der Waals surface area contributed by atoms with Gasteiger partial charge in [0.2, 0.25) is 0 Å². The molecule has 0 saturated carbocycles. The van der Waals surface area contributed by atoms with E-state index < -0.39 is 5.97 Å². The largest absolute Gasteiger partial charge is 0.477 e.